The summed E-state index contributed by atoms with van der Waals surface area (Å²) in [5.41, 5.74) is 0. The Kier molecular flexibility index (Phi) is 5.87. The number of alkyl halides is 3. The predicted octanol–water partition coefficient (Wildman–Crippen LogP) is 0.902. The smallest absolute Gasteiger partial charge is 0.395 e. The maximum Gasteiger partial charge on any atom is 0.406 e. The van der Waals surface area contributed by atoms with Crippen LogP contribution in [0.5, 0.6) is 0 Å². The van der Waals surface area contributed by atoms with Gasteiger partial charge >= 0.3 is 6.18 Å². The highest BCUT2D eigenvalue weighted by atomic mass is 19.4. The molecule has 1 amide bonds. The highest BCUT2D eigenvalue weighted by Crippen LogP contribution is 2.18. The number of amides is 1. The van der Waals surface area contributed by atoms with Crippen molar-refractivity contribution < 1.29 is 23.1 Å². The fourth-order valence-corrected chi connectivity index (χ4v) is 2.06. The number of halogens is 3. The Morgan fingerprint density at radius 1 is 1.33 bits per heavy atom. The molecule has 0 spiro atoms. The average Bonchev–Trinajstić information content (AvgIpc) is 2.54. The van der Waals surface area contributed by atoms with E-state index in [1.54, 1.807) is 0 Å². The number of hydrogen-bond donors (Lipinski definition) is 2. The minimum atomic E-state index is -4.43. The van der Waals surface area contributed by atoms with Gasteiger partial charge in [0.25, 0.3) is 0 Å². The summed E-state index contributed by atoms with van der Waals surface area (Å²) in [4.78, 5) is 12.7. The summed E-state index contributed by atoms with van der Waals surface area (Å²) in [5.74, 6) is -0.566. The number of aliphatic hydroxyl groups excluding tert-OH is 1. The van der Waals surface area contributed by atoms with Gasteiger partial charge in [-0.3, -0.25) is 4.79 Å². The number of aliphatic hydroxyl groups is 1. The fraction of sp³-hybridized carbons (Fsp3) is 0.909. The molecule has 18 heavy (non-hydrogen) atoms. The van der Waals surface area contributed by atoms with E-state index in [2.05, 4.69) is 5.32 Å². The van der Waals surface area contributed by atoms with Crippen molar-refractivity contribution in [2.45, 2.75) is 37.9 Å². The largest absolute Gasteiger partial charge is 0.406 e. The third-order valence-corrected chi connectivity index (χ3v) is 2.91. The van der Waals surface area contributed by atoms with Gasteiger partial charge in [-0.05, 0) is 19.4 Å². The van der Waals surface area contributed by atoms with Crippen molar-refractivity contribution in [1.29, 1.82) is 0 Å². The van der Waals surface area contributed by atoms with E-state index in [-0.39, 0.29) is 6.54 Å². The van der Waals surface area contributed by atoms with Gasteiger partial charge in [-0.1, -0.05) is 12.8 Å². The number of hydrogen-bond acceptors (Lipinski definition) is 3. The van der Waals surface area contributed by atoms with Gasteiger partial charge < -0.3 is 15.3 Å². The normalized spacial score (nSPS) is 21.4. The summed E-state index contributed by atoms with van der Waals surface area (Å²) in [7, 11) is 0. The summed E-state index contributed by atoms with van der Waals surface area (Å²) in [6.07, 6.45) is -1.13. The minimum Gasteiger partial charge on any atom is -0.395 e. The molecule has 4 nitrogen and oxygen atoms in total. The van der Waals surface area contributed by atoms with Crippen LogP contribution in [0.1, 0.15) is 25.7 Å². The van der Waals surface area contributed by atoms with E-state index in [1.807, 2.05) is 0 Å². The molecular weight excluding hydrogens is 249 g/mol. The Labute approximate surface area is 104 Å². The first-order valence-corrected chi connectivity index (χ1v) is 6.14. The molecular formula is C11H19F3N2O2. The van der Waals surface area contributed by atoms with E-state index in [1.165, 1.54) is 0 Å². The lowest BCUT2D eigenvalue weighted by Gasteiger charge is -2.27. The van der Waals surface area contributed by atoms with Crippen LogP contribution >= 0.6 is 0 Å². The lowest BCUT2D eigenvalue weighted by atomic mass is 10.1. The molecule has 2 N–H and O–H groups in total. The maximum atomic E-state index is 12.3. The van der Waals surface area contributed by atoms with Crippen LogP contribution in [0.2, 0.25) is 0 Å². The Morgan fingerprint density at radius 2 is 2.06 bits per heavy atom. The zero-order valence-electron chi connectivity index (χ0n) is 10.2. The standard InChI is InChI=1S/C11H19F3N2O2/c12-11(13,14)8-16(6-7-17)10(18)9-4-2-1-3-5-15-9/h9,15,17H,1-8H2. The maximum absolute atomic E-state index is 12.3. The van der Waals surface area contributed by atoms with Crippen LogP contribution in [0, 0.1) is 0 Å². The highest BCUT2D eigenvalue weighted by molar-refractivity contribution is 5.82. The van der Waals surface area contributed by atoms with Gasteiger partial charge in [0.1, 0.15) is 6.54 Å². The number of carbonyl (C=O) groups excluding carboxylic acids is 1. The van der Waals surface area contributed by atoms with Crippen molar-refractivity contribution in [2.75, 3.05) is 26.2 Å². The third kappa shape index (κ3) is 5.22. The van der Waals surface area contributed by atoms with E-state index < -0.39 is 31.3 Å². The number of nitrogens with one attached hydrogen (secondary N) is 1. The van der Waals surface area contributed by atoms with Crippen molar-refractivity contribution in [1.82, 2.24) is 10.2 Å². The molecule has 0 aliphatic carbocycles. The molecule has 0 saturated carbocycles. The first kappa shape index (κ1) is 15.2. The van der Waals surface area contributed by atoms with Crippen LogP contribution in [0.15, 0.2) is 0 Å². The molecule has 1 unspecified atom stereocenters. The van der Waals surface area contributed by atoms with Gasteiger partial charge in [0, 0.05) is 6.54 Å². The second kappa shape index (κ2) is 6.94. The van der Waals surface area contributed by atoms with E-state index in [4.69, 9.17) is 5.11 Å². The lowest BCUT2D eigenvalue weighted by Crippen LogP contribution is -2.50. The summed E-state index contributed by atoms with van der Waals surface area (Å²) in [6, 6.07) is -0.554. The van der Waals surface area contributed by atoms with Crippen molar-refractivity contribution in [3.05, 3.63) is 0 Å². The zero-order chi connectivity index (χ0) is 13.6. The number of carbonyl (C=O) groups is 1. The average molecular weight is 268 g/mol. The Hall–Kier alpha value is -0.820. The van der Waals surface area contributed by atoms with Crippen LogP contribution in [0.3, 0.4) is 0 Å². The molecule has 1 atom stereocenters. The molecule has 1 rings (SSSR count). The van der Waals surface area contributed by atoms with Crippen LogP contribution in [-0.4, -0.2) is 54.4 Å². The van der Waals surface area contributed by atoms with Crippen molar-refractivity contribution >= 4 is 5.91 Å². The molecule has 1 aliphatic rings. The molecule has 1 aliphatic heterocycles. The van der Waals surface area contributed by atoms with E-state index in [0.29, 0.717) is 17.9 Å². The molecule has 0 radical (unpaired) electrons. The first-order chi connectivity index (χ1) is 8.44. The zero-order valence-corrected chi connectivity index (χ0v) is 10.2. The molecule has 7 heteroatoms. The van der Waals surface area contributed by atoms with Crippen LogP contribution in [0.25, 0.3) is 0 Å². The minimum absolute atomic E-state index is 0.281. The summed E-state index contributed by atoms with van der Waals surface area (Å²) < 4.78 is 37.0. The highest BCUT2D eigenvalue weighted by Gasteiger charge is 2.35. The molecule has 0 aromatic rings. The topological polar surface area (TPSA) is 52.6 Å². The van der Waals surface area contributed by atoms with E-state index >= 15 is 0 Å². The molecule has 0 aromatic carbocycles. The van der Waals surface area contributed by atoms with Gasteiger partial charge in [-0.2, -0.15) is 13.2 Å². The van der Waals surface area contributed by atoms with Gasteiger partial charge in [0.15, 0.2) is 0 Å². The predicted molar refractivity (Wildman–Crippen MR) is 60.0 cm³/mol. The van der Waals surface area contributed by atoms with Gasteiger partial charge in [0.2, 0.25) is 5.91 Å². The Bertz CT molecular complexity index is 264. The Balaban J connectivity index is 2.62. The fourth-order valence-electron chi connectivity index (χ4n) is 2.06. The first-order valence-electron chi connectivity index (χ1n) is 6.14. The summed E-state index contributed by atoms with van der Waals surface area (Å²) >= 11 is 0. The molecule has 106 valence electrons. The van der Waals surface area contributed by atoms with Gasteiger partial charge in [0.05, 0.1) is 12.6 Å². The van der Waals surface area contributed by atoms with Gasteiger partial charge in [-0.25, -0.2) is 0 Å². The van der Waals surface area contributed by atoms with Crippen molar-refractivity contribution in [2.24, 2.45) is 0 Å². The van der Waals surface area contributed by atoms with Crippen LogP contribution in [0.4, 0.5) is 13.2 Å². The number of rotatable bonds is 4. The quantitative estimate of drug-likeness (QED) is 0.796. The van der Waals surface area contributed by atoms with E-state index in [0.717, 1.165) is 19.3 Å². The van der Waals surface area contributed by atoms with Crippen LogP contribution in [-0.2, 0) is 4.79 Å². The second-order valence-corrected chi connectivity index (χ2v) is 4.45. The Morgan fingerprint density at radius 3 is 2.67 bits per heavy atom. The monoisotopic (exact) mass is 268 g/mol. The summed E-state index contributed by atoms with van der Waals surface area (Å²) in [5, 5.41) is 11.7. The molecule has 1 heterocycles. The molecule has 1 saturated heterocycles. The molecule has 0 bridgehead atoms. The van der Waals surface area contributed by atoms with E-state index in [9.17, 15) is 18.0 Å². The summed E-state index contributed by atoms with van der Waals surface area (Å²) in [6.45, 7) is -1.40. The van der Waals surface area contributed by atoms with Crippen molar-refractivity contribution in [3.8, 4) is 0 Å². The lowest BCUT2D eigenvalue weighted by molar-refractivity contribution is -0.163. The SMILES string of the molecule is O=C(C1CCCCCN1)N(CCO)CC(F)(F)F. The molecule has 1 fully saturated rings. The van der Waals surface area contributed by atoms with Gasteiger partial charge in [-0.15, -0.1) is 0 Å². The van der Waals surface area contributed by atoms with Crippen molar-refractivity contribution in [3.63, 3.8) is 0 Å². The van der Waals surface area contributed by atoms with Crippen LogP contribution < -0.4 is 5.32 Å². The number of nitrogens with zero attached hydrogens (tertiary/aromatic N) is 1. The third-order valence-electron chi connectivity index (χ3n) is 2.91. The molecule has 0 aromatic heterocycles. The second-order valence-electron chi connectivity index (χ2n) is 4.45.